The van der Waals surface area contributed by atoms with Crippen LogP contribution in [0.5, 0.6) is 0 Å². The number of carbonyl (C=O) groups excluding carboxylic acids is 2. The number of nitrogens with zero attached hydrogens (tertiary/aromatic N) is 1. The molecule has 1 aliphatic heterocycles. The zero-order valence-electron chi connectivity index (χ0n) is 18.6. The van der Waals surface area contributed by atoms with Gasteiger partial charge in [-0.3, -0.25) is 9.69 Å². The molecule has 0 radical (unpaired) electrons. The first-order valence-electron chi connectivity index (χ1n) is 11.1. The number of hydrogen-bond donors (Lipinski definition) is 1. The molecule has 174 valence electrons. The van der Waals surface area contributed by atoms with Gasteiger partial charge in [0.1, 0.15) is 4.32 Å². The first kappa shape index (κ1) is 25.1. The zero-order valence-corrected chi connectivity index (χ0v) is 20.3. The van der Waals surface area contributed by atoms with Crippen LogP contribution < -0.4 is 0 Å². The number of thioether (sulfide) groups is 1. The van der Waals surface area contributed by atoms with E-state index in [4.69, 9.17) is 17.0 Å². The van der Waals surface area contributed by atoms with Gasteiger partial charge in [-0.1, -0.05) is 84.6 Å². The number of rotatable bonds is 10. The minimum absolute atomic E-state index is 0.0714. The lowest BCUT2D eigenvalue weighted by Gasteiger charge is -2.29. The van der Waals surface area contributed by atoms with E-state index in [1.807, 2.05) is 60.7 Å². The first-order chi connectivity index (χ1) is 16.0. The van der Waals surface area contributed by atoms with Gasteiger partial charge in [-0.15, -0.1) is 0 Å². The van der Waals surface area contributed by atoms with Crippen molar-refractivity contribution in [1.29, 1.82) is 0 Å². The molecule has 33 heavy (non-hydrogen) atoms. The number of ether oxygens (including phenoxy) is 1. The van der Waals surface area contributed by atoms with Crippen LogP contribution in [0.3, 0.4) is 0 Å². The molecule has 1 N–H and O–H groups in total. The van der Waals surface area contributed by atoms with Gasteiger partial charge in [0.05, 0.1) is 24.7 Å². The maximum Gasteiger partial charge on any atom is 0.330 e. The summed E-state index contributed by atoms with van der Waals surface area (Å²) in [5, 5.41) is 10.9. The molecule has 3 rings (SSSR count). The number of esters is 1. The summed E-state index contributed by atoms with van der Waals surface area (Å²) < 4.78 is 5.44. The molecule has 7 heteroatoms. The number of carbonyl (C=O) groups is 2. The minimum atomic E-state index is -1.13. The van der Waals surface area contributed by atoms with Gasteiger partial charge in [-0.05, 0) is 43.4 Å². The van der Waals surface area contributed by atoms with E-state index in [2.05, 4.69) is 0 Å². The van der Waals surface area contributed by atoms with Gasteiger partial charge >= 0.3 is 5.97 Å². The third-order valence-corrected chi connectivity index (χ3v) is 7.09. The van der Waals surface area contributed by atoms with E-state index in [1.165, 1.54) is 23.9 Å². The smallest absolute Gasteiger partial charge is 0.330 e. The fourth-order valence-corrected chi connectivity index (χ4v) is 5.28. The SMILES string of the molecule is CCOC(=O)/C=C/[C@H](O)[C@H](CCc1ccccc1)C(=O)N1C(=S)SC[C@@H]1Cc1ccccc1. The van der Waals surface area contributed by atoms with E-state index in [0.29, 0.717) is 23.6 Å². The molecule has 0 bridgehead atoms. The standard InChI is InChI=1S/C26H29NO4S2/c1-2-31-24(29)16-15-23(28)22(14-13-19-9-5-3-6-10-19)25(30)27-21(18-33-26(27)32)17-20-11-7-4-8-12-20/h3-12,15-16,21-23,28H,2,13-14,17-18H2,1H3/b16-15+/t21-,22-,23-/m0/s1. The van der Waals surface area contributed by atoms with Crippen molar-refractivity contribution in [1.82, 2.24) is 4.90 Å². The number of aryl methyl sites for hydroxylation is 1. The molecule has 1 saturated heterocycles. The fourth-order valence-electron chi connectivity index (χ4n) is 3.85. The number of aliphatic hydroxyl groups is 1. The van der Waals surface area contributed by atoms with Crippen LogP contribution in [0.4, 0.5) is 0 Å². The van der Waals surface area contributed by atoms with Crippen molar-refractivity contribution in [2.24, 2.45) is 5.92 Å². The third-order valence-electron chi connectivity index (χ3n) is 5.54. The predicted molar refractivity (Wildman–Crippen MR) is 136 cm³/mol. The summed E-state index contributed by atoms with van der Waals surface area (Å²) in [6.07, 6.45) is 3.16. The van der Waals surface area contributed by atoms with Gasteiger partial charge in [0.25, 0.3) is 0 Å². The van der Waals surface area contributed by atoms with Crippen LogP contribution in [0.25, 0.3) is 0 Å². The summed E-state index contributed by atoms with van der Waals surface area (Å²) in [6.45, 7) is 1.96. The highest BCUT2D eigenvalue weighted by molar-refractivity contribution is 8.23. The largest absolute Gasteiger partial charge is 0.463 e. The molecule has 1 heterocycles. The molecule has 1 fully saturated rings. The third kappa shape index (κ3) is 7.25. The van der Waals surface area contributed by atoms with E-state index in [-0.39, 0.29) is 18.6 Å². The second-order valence-corrected chi connectivity index (χ2v) is 9.52. The monoisotopic (exact) mass is 483 g/mol. The van der Waals surface area contributed by atoms with E-state index >= 15 is 0 Å². The summed E-state index contributed by atoms with van der Waals surface area (Å²) in [5.41, 5.74) is 2.21. The Bertz CT molecular complexity index is 965. The van der Waals surface area contributed by atoms with Crippen LogP contribution >= 0.6 is 24.0 Å². The summed E-state index contributed by atoms with van der Waals surface area (Å²) in [4.78, 5) is 27.1. The highest BCUT2D eigenvalue weighted by atomic mass is 32.2. The second kappa shape index (κ2) is 12.7. The molecular formula is C26H29NO4S2. The molecule has 0 aromatic heterocycles. The Balaban J connectivity index is 1.79. The van der Waals surface area contributed by atoms with Crippen molar-refractivity contribution < 1.29 is 19.4 Å². The van der Waals surface area contributed by atoms with Crippen molar-refractivity contribution in [2.75, 3.05) is 12.4 Å². The quantitative estimate of drug-likeness (QED) is 0.311. The van der Waals surface area contributed by atoms with E-state index in [9.17, 15) is 14.7 Å². The van der Waals surface area contributed by atoms with Gasteiger partial charge < -0.3 is 9.84 Å². The lowest BCUT2D eigenvalue weighted by atomic mass is 9.91. The summed E-state index contributed by atoms with van der Waals surface area (Å²) >= 11 is 7.02. The van der Waals surface area contributed by atoms with Gasteiger partial charge in [-0.25, -0.2) is 4.79 Å². The molecule has 2 aromatic carbocycles. The molecule has 3 atom stereocenters. The highest BCUT2D eigenvalue weighted by Crippen LogP contribution is 2.30. The molecule has 0 aliphatic carbocycles. The van der Waals surface area contributed by atoms with Crippen molar-refractivity contribution in [3.05, 3.63) is 83.9 Å². The van der Waals surface area contributed by atoms with E-state index < -0.39 is 18.0 Å². The molecular weight excluding hydrogens is 454 g/mol. The number of hydrogen-bond acceptors (Lipinski definition) is 6. The van der Waals surface area contributed by atoms with Crippen LogP contribution in [0.15, 0.2) is 72.8 Å². The molecule has 2 aromatic rings. The molecule has 1 aliphatic rings. The number of aliphatic hydroxyl groups excluding tert-OH is 1. The lowest BCUT2D eigenvalue weighted by Crippen LogP contribution is -2.46. The van der Waals surface area contributed by atoms with Crippen molar-refractivity contribution >= 4 is 40.2 Å². The van der Waals surface area contributed by atoms with Gasteiger partial charge in [-0.2, -0.15) is 0 Å². The Kier molecular flexibility index (Phi) is 9.66. The molecule has 0 saturated carbocycles. The van der Waals surface area contributed by atoms with Crippen molar-refractivity contribution in [3.8, 4) is 0 Å². The minimum Gasteiger partial charge on any atom is -0.463 e. The predicted octanol–water partition coefficient (Wildman–Crippen LogP) is 4.19. The van der Waals surface area contributed by atoms with Crippen LogP contribution in [-0.2, 0) is 27.2 Å². The van der Waals surface area contributed by atoms with E-state index in [1.54, 1.807) is 11.8 Å². The van der Waals surface area contributed by atoms with Crippen LogP contribution in [0.1, 0.15) is 24.5 Å². The van der Waals surface area contributed by atoms with Gasteiger partial charge in [0.15, 0.2) is 0 Å². The molecule has 0 spiro atoms. The van der Waals surface area contributed by atoms with Crippen LogP contribution in [0.2, 0.25) is 0 Å². The Morgan fingerprint density at radius 3 is 2.42 bits per heavy atom. The van der Waals surface area contributed by atoms with Gasteiger partial charge in [0, 0.05) is 11.8 Å². The summed E-state index contributed by atoms with van der Waals surface area (Å²) in [6, 6.07) is 19.8. The fraction of sp³-hybridized carbons (Fsp3) is 0.346. The Hall–Kier alpha value is -2.48. The maximum atomic E-state index is 13.7. The summed E-state index contributed by atoms with van der Waals surface area (Å²) in [5.74, 6) is -0.756. The van der Waals surface area contributed by atoms with Crippen LogP contribution in [-0.4, -0.2) is 50.7 Å². The molecule has 1 amide bonds. The average Bonchev–Trinajstić information content (AvgIpc) is 3.19. The molecule has 5 nitrogen and oxygen atoms in total. The Morgan fingerprint density at radius 2 is 1.79 bits per heavy atom. The lowest BCUT2D eigenvalue weighted by molar-refractivity contribution is -0.138. The van der Waals surface area contributed by atoms with Gasteiger partial charge in [0.2, 0.25) is 5.91 Å². The summed E-state index contributed by atoms with van der Waals surface area (Å²) in [7, 11) is 0. The number of amides is 1. The Morgan fingerprint density at radius 1 is 1.15 bits per heavy atom. The van der Waals surface area contributed by atoms with Crippen molar-refractivity contribution in [2.45, 2.75) is 38.3 Å². The Labute approximate surface area is 204 Å². The van der Waals surface area contributed by atoms with Crippen LogP contribution in [0, 0.1) is 5.92 Å². The highest BCUT2D eigenvalue weighted by Gasteiger charge is 2.39. The number of benzene rings is 2. The maximum absolute atomic E-state index is 13.7. The first-order valence-corrected chi connectivity index (χ1v) is 12.5. The average molecular weight is 484 g/mol. The topological polar surface area (TPSA) is 66.8 Å². The zero-order chi connectivity index (χ0) is 23.6. The molecule has 0 unspecified atom stereocenters. The van der Waals surface area contributed by atoms with Crippen molar-refractivity contribution in [3.63, 3.8) is 0 Å². The number of thiocarbonyl (C=S) groups is 1. The normalized spacial score (nSPS) is 17.8. The second-order valence-electron chi connectivity index (χ2n) is 7.86. The van der Waals surface area contributed by atoms with E-state index in [0.717, 1.165) is 16.9 Å².